The summed E-state index contributed by atoms with van der Waals surface area (Å²) in [6.07, 6.45) is -0.585. The number of nitrogens with zero attached hydrogens (tertiary/aromatic N) is 1. The van der Waals surface area contributed by atoms with Gasteiger partial charge >= 0.3 is 5.97 Å². The lowest BCUT2D eigenvalue weighted by molar-refractivity contribution is -0.138. The standard InChI is InChI=1S/C13H15Cl2NO3/c14-10-2-1-8(3-11(10)15)5-16-6-9(4-13(18)19)12(17)7-16/h1-3,9,12,17H,4-7H2,(H,18,19)/t9-,12-/m1/s1. The van der Waals surface area contributed by atoms with E-state index in [0.29, 0.717) is 29.7 Å². The van der Waals surface area contributed by atoms with Gasteiger partial charge in [0, 0.05) is 25.6 Å². The van der Waals surface area contributed by atoms with Crippen molar-refractivity contribution in [2.75, 3.05) is 13.1 Å². The van der Waals surface area contributed by atoms with Gasteiger partial charge < -0.3 is 10.2 Å². The zero-order chi connectivity index (χ0) is 14.0. The van der Waals surface area contributed by atoms with E-state index < -0.39 is 12.1 Å². The fraction of sp³-hybridized carbons (Fsp3) is 0.462. The van der Waals surface area contributed by atoms with Crippen LogP contribution >= 0.6 is 23.2 Å². The maximum absolute atomic E-state index is 10.7. The van der Waals surface area contributed by atoms with E-state index >= 15 is 0 Å². The largest absolute Gasteiger partial charge is 0.481 e. The molecule has 1 saturated heterocycles. The SMILES string of the molecule is O=C(O)C[C@@H]1CN(Cc2ccc(Cl)c(Cl)c2)C[C@H]1O. The molecule has 0 unspecified atom stereocenters. The Labute approximate surface area is 121 Å². The predicted molar refractivity (Wildman–Crippen MR) is 73.5 cm³/mol. The molecule has 0 aromatic heterocycles. The summed E-state index contributed by atoms with van der Waals surface area (Å²) in [5.74, 6) is -1.08. The molecule has 0 amide bonds. The number of carbonyl (C=O) groups is 1. The number of aliphatic hydroxyl groups is 1. The Balaban J connectivity index is 1.97. The van der Waals surface area contributed by atoms with Crippen LogP contribution in [0.5, 0.6) is 0 Å². The number of carboxylic acid groups (broad SMARTS) is 1. The highest BCUT2D eigenvalue weighted by molar-refractivity contribution is 6.42. The van der Waals surface area contributed by atoms with Crippen LogP contribution in [0.4, 0.5) is 0 Å². The lowest BCUT2D eigenvalue weighted by Crippen LogP contribution is -2.21. The predicted octanol–water partition coefficient (Wildman–Crippen LogP) is 2.26. The first-order chi connectivity index (χ1) is 8.95. The van der Waals surface area contributed by atoms with Crippen molar-refractivity contribution in [3.8, 4) is 0 Å². The molecule has 104 valence electrons. The van der Waals surface area contributed by atoms with Crippen LogP contribution in [0.3, 0.4) is 0 Å². The van der Waals surface area contributed by atoms with Gasteiger partial charge in [-0.15, -0.1) is 0 Å². The summed E-state index contributed by atoms with van der Waals surface area (Å²) >= 11 is 11.8. The number of β-amino-alcohol motifs (C(OH)–C–C–N with tert-alkyl or cyclic N) is 1. The molecule has 0 bridgehead atoms. The van der Waals surface area contributed by atoms with Gasteiger partial charge in [-0.1, -0.05) is 29.3 Å². The Morgan fingerprint density at radius 2 is 2.05 bits per heavy atom. The summed E-state index contributed by atoms with van der Waals surface area (Å²) in [5.41, 5.74) is 0.998. The summed E-state index contributed by atoms with van der Waals surface area (Å²) in [6, 6.07) is 5.41. The van der Waals surface area contributed by atoms with Gasteiger partial charge in [0.15, 0.2) is 0 Å². The normalized spacial score (nSPS) is 23.7. The van der Waals surface area contributed by atoms with E-state index in [1.54, 1.807) is 12.1 Å². The van der Waals surface area contributed by atoms with Gasteiger partial charge in [0.25, 0.3) is 0 Å². The van der Waals surface area contributed by atoms with Crippen molar-refractivity contribution >= 4 is 29.2 Å². The van der Waals surface area contributed by atoms with Crippen LogP contribution < -0.4 is 0 Å². The highest BCUT2D eigenvalue weighted by Crippen LogP contribution is 2.26. The average molecular weight is 304 g/mol. The van der Waals surface area contributed by atoms with Crippen molar-refractivity contribution in [3.05, 3.63) is 33.8 Å². The minimum Gasteiger partial charge on any atom is -0.481 e. The van der Waals surface area contributed by atoms with Crippen LogP contribution in [0, 0.1) is 5.92 Å². The molecule has 1 aromatic carbocycles. The maximum Gasteiger partial charge on any atom is 0.303 e. The molecule has 4 nitrogen and oxygen atoms in total. The number of halogens is 2. The van der Waals surface area contributed by atoms with Gasteiger partial charge in [-0.3, -0.25) is 9.69 Å². The Kier molecular flexibility index (Phi) is 4.68. The number of hydrogen-bond donors (Lipinski definition) is 2. The van der Waals surface area contributed by atoms with Gasteiger partial charge in [-0.25, -0.2) is 0 Å². The minimum absolute atomic E-state index is 0.000952. The smallest absolute Gasteiger partial charge is 0.303 e. The summed E-state index contributed by atoms with van der Waals surface area (Å²) in [5, 5.41) is 19.6. The van der Waals surface area contributed by atoms with Gasteiger partial charge in [0.1, 0.15) is 0 Å². The number of aliphatic carboxylic acids is 1. The molecular weight excluding hydrogens is 289 g/mol. The molecule has 2 N–H and O–H groups in total. The molecule has 0 spiro atoms. The highest BCUT2D eigenvalue weighted by Gasteiger charge is 2.32. The fourth-order valence-corrected chi connectivity index (χ4v) is 2.71. The molecule has 2 rings (SSSR count). The quantitative estimate of drug-likeness (QED) is 0.896. The Morgan fingerprint density at radius 1 is 1.32 bits per heavy atom. The van der Waals surface area contributed by atoms with Crippen LogP contribution in [0.25, 0.3) is 0 Å². The summed E-state index contributed by atoms with van der Waals surface area (Å²) in [7, 11) is 0. The molecule has 0 aliphatic carbocycles. The van der Waals surface area contributed by atoms with E-state index in [4.69, 9.17) is 28.3 Å². The first-order valence-electron chi connectivity index (χ1n) is 6.02. The molecular formula is C13H15Cl2NO3. The van der Waals surface area contributed by atoms with Crippen molar-refractivity contribution in [3.63, 3.8) is 0 Å². The Morgan fingerprint density at radius 3 is 2.68 bits per heavy atom. The third-order valence-corrected chi connectivity index (χ3v) is 4.05. The number of hydrogen-bond acceptors (Lipinski definition) is 3. The molecule has 1 aliphatic heterocycles. The zero-order valence-corrected chi connectivity index (χ0v) is 11.7. The summed E-state index contributed by atoms with van der Waals surface area (Å²) in [6.45, 7) is 1.69. The zero-order valence-electron chi connectivity index (χ0n) is 10.2. The average Bonchev–Trinajstić information content (AvgIpc) is 2.64. The second-order valence-electron chi connectivity index (χ2n) is 4.87. The molecule has 6 heteroatoms. The van der Waals surface area contributed by atoms with E-state index in [-0.39, 0.29) is 12.3 Å². The third kappa shape index (κ3) is 3.83. The number of benzene rings is 1. The maximum atomic E-state index is 10.7. The summed E-state index contributed by atoms with van der Waals surface area (Å²) < 4.78 is 0. The van der Waals surface area contributed by atoms with Crippen molar-refractivity contribution in [2.24, 2.45) is 5.92 Å². The van der Waals surface area contributed by atoms with Crippen molar-refractivity contribution in [1.82, 2.24) is 4.90 Å². The number of aliphatic hydroxyl groups excluding tert-OH is 1. The van der Waals surface area contributed by atoms with Crippen molar-refractivity contribution in [2.45, 2.75) is 19.1 Å². The fourth-order valence-electron chi connectivity index (χ4n) is 2.39. The van der Waals surface area contributed by atoms with E-state index in [1.807, 2.05) is 11.0 Å². The lowest BCUT2D eigenvalue weighted by Gasteiger charge is -2.15. The van der Waals surface area contributed by atoms with Crippen LogP contribution in [-0.4, -0.2) is 40.3 Å². The lowest BCUT2D eigenvalue weighted by atomic mass is 10.0. The number of likely N-dealkylation sites (tertiary alicyclic amines) is 1. The molecule has 1 heterocycles. The molecule has 19 heavy (non-hydrogen) atoms. The Bertz CT molecular complexity index is 481. The molecule has 0 radical (unpaired) electrons. The van der Waals surface area contributed by atoms with E-state index in [0.717, 1.165) is 5.56 Å². The third-order valence-electron chi connectivity index (χ3n) is 3.31. The van der Waals surface area contributed by atoms with Crippen LogP contribution in [0.2, 0.25) is 10.0 Å². The van der Waals surface area contributed by atoms with Gasteiger partial charge in [0.05, 0.1) is 22.6 Å². The van der Waals surface area contributed by atoms with Gasteiger partial charge in [0.2, 0.25) is 0 Å². The first-order valence-corrected chi connectivity index (χ1v) is 6.77. The number of carboxylic acids is 1. The van der Waals surface area contributed by atoms with Crippen molar-refractivity contribution in [1.29, 1.82) is 0 Å². The van der Waals surface area contributed by atoms with Crippen LogP contribution in [-0.2, 0) is 11.3 Å². The molecule has 2 atom stereocenters. The molecule has 1 aromatic rings. The summed E-state index contributed by atoms with van der Waals surface area (Å²) in [4.78, 5) is 12.7. The molecule has 0 saturated carbocycles. The van der Waals surface area contributed by atoms with Crippen LogP contribution in [0.1, 0.15) is 12.0 Å². The second kappa shape index (κ2) is 6.09. The highest BCUT2D eigenvalue weighted by atomic mass is 35.5. The molecule has 1 aliphatic rings. The van der Waals surface area contributed by atoms with E-state index in [1.165, 1.54) is 0 Å². The van der Waals surface area contributed by atoms with E-state index in [9.17, 15) is 9.90 Å². The second-order valence-corrected chi connectivity index (χ2v) is 5.68. The van der Waals surface area contributed by atoms with Gasteiger partial charge in [-0.05, 0) is 17.7 Å². The number of rotatable bonds is 4. The van der Waals surface area contributed by atoms with Crippen molar-refractivity contribution < 1.29 is 15.0 Å². The van der Waals surface area contributed by atoms with Gasteiger partial charge in [-0.2, -0.15) is 0 Å². The first kappa shape index (κ1) is 14.6. The Hall–Kier alpha value is -0.810. The minimum atomic E-state index is -0.875. The van der Waals surface area contributed by atoms with Crippen LogP contribution in [0.15, 0.2) is 18.2 Å². The topological polar surface area (TPSA) is 60.8 Å². The molecule has 1 fully saturated rings. The monoisotopic (exact) mass is 303 g/mol. The van der Waals surface area contributed by atoms with E-state index in [2.05, 4.69) is 0 Å².